The summed E-state index contributed by atoms with van der Waals surface area (Å²) in [5, 5.41) is 20.1. The number of amides is 11. The van der Waals surface area contributed by atoms with Gasteiger partial charge in [0.1, 0.15) is 60.4 Å². The average molecular weight is 1390 g/mol. The maximum absolute atomic E-state index is 15.6. The number of carbonyl (C=O) groups is 11. The summed E-state index contributed by atoms with van der Waals surface area (Å²) in [6, 6.07) is 13.2. The largest absolute Gasteiger partial charge is 0.391 e. The molecular formula is C77H117N11O12. The zero-order chi connectivity index (χ0) is 74.6. The molecule has 2 bridgehead atoms. The predicted molar refractivity (Wildman–Crippen MR) is 386 cm³/mol. The van der Waals surface area contributed by atoms with E-state index in [9.17, 15) is 43.5 Å². The molecule has 0 saturated carbocycles. The van der Waals surface area contributed by atoms with Crippen molar-refractivity contribution in [2.24, 2.45) is 23.7 Å². The molecule has 0 unspecified atom stereocenters. The van der Waals surface area contributed by atoms with E-state index in [1.54, 1.807) is 72.6 Å². The summed E-state index contributed by atoms with van der Waals surface area (Å²) in [7, 11) is 10.3. The summed E-state index contributed by atoms with van der Waals surface area (Å²) < 4.78 is 0. The summed E-state index contributed by atoms with van der Waals surface area (Å²) in [5.41, 5.74) is 2.92. The lowest BCUT2D eigenvalue weighted by atomic mass is 9.97. The number of carbonyl (C=O) groups excluding carboxylic acids is 11. The van der Waals surface area contributed by atoms with E-state index < -0.39 is 120 Å². The van der Waals surface area contributed by atoms with Crippen molar-refractivity contribution in [1.29, 1.82) is 0 Å². The third-order valence-corrected chi connectivity index (χ3v) is 19.7. The van der Waals surface area contributed by atoms with E-state index in [1.807, 2.05) is 79.7 Å². The maximum Gasteiger partial charge on any atom is 0.248 e. The van der Waals surface area contributed by atoms with Crippen molar-refractivity contribution in [2.45, 2.75) is 226 Å². The van der Waals surface area contributed by atoms with E-state index in [-0.39, 0.29) is 80.4 Å². The van der Waals surface area contributed by atoms with Gasteiger partial charge in [0, 0.05) is 88.1 Å². The third kappa shape index (κ3) is 22.9. The van der Waals surface area contributed by atoms with E-state index in [2.05, 4.69) is 16.0 Å². The fourth-order valence-electron chi connectivity index (χ4n) is 13.4. The van der Waals surface area contributed by atoms with Gasteiger partial charge in [-0.2, -0.15) is 0 Å². The molecule has 2 heterocycles. The number of nitrogens with one attached hydrogen (secondary N) is 3. The van der Waals surface area contributed by atoms with Gasteiger partial charge in [0.15, 0.2) is 0 Å². The fraction of sp³-hybridized carbons (Fsp3) is 0.623. The minimum atomic E-state index is -1.67. The predicted octanol–water partition coefficient (Wildman–Crippen LogP) is 5.91. The molecule has 100 heavy (non-hydrogen) atoms. The highest BCUT2D eigenvalue weighted by molar-refractivity contribution is 5.99. The quantitative estimate of drug-likeness (QED) is 0.147. The molecule has 11 atom stereocenters. The molecule has 3 aromatic carbocycles. The molecule has 0 aromatic heterocycles. The van der Waals surface area contributed by atoms with Gasteiger partial charge in [0.2, 0.25) is 65.0 Å². The number of fused-ring (bicyclic) bond motifs is 2. The summed E-state index contributed by atoms with van der Waals surface area (Å²) in [5.74, 6) is -6.89. The molecule has 23 heteroatoms. The van der Waals surface area contributed by atoms with Gasteiger partial charge in [-0.1, -0.05) is 140 Å². The van der Waals surface area contributed by atoms with Crippen LogP contribution in [-0.4, -0.2) is 238 Å². The highest BCUT2D eigenvalue weighted by Crippen LogP contribution is 2.25. The standard InChI is InChI=1S/C77H117N11O12/c1-48(2)40-60-68(91)78-52(9)71(94)86(17)64(43-51(7)8)75(98)87(18)65(47-57-32-24-20-25-33-57)76(99)85(16)62(46-56-30-22-19-23-31-56)70(93)80-67(54(11)89)77(100)81(12)53(10)72(95)83(14)61(41-49(3)4)69(92)79-59(73(96)88-38-26-21-27-39-88)45-58-36-28-34-55(44-58)35-29-37-66(90)82(13)63(42-50(5)6)74(97)84(60)15/h19-20,22-25,28,30-34,36,44,48-54,59-65,67,89H,21,26-27,29,35,37-43,45-47H2,1-18H3,(H,78,91)(H,79,92)(H,80,93)/t52-,53-,54+,59-,60-,61-,62-,63-,64-,65-,67-/m0/s1. The molecular weight excluding hydrogens is 1270 g/mol. The van der Waals surface area contributed by atoms with Crippen molar-refractivity contribution in [3.8, 4) is 0 Å². The summed E-state index contributed by atoms with van der Waals surface area (Å²) in [4.78, 5) is 175. The number of likely N-dealkylation sites (N-methyl/N-ethyl adjacent to an activating group) is 7. The SMILES string of the molecule is CC(C)C[C@H]1C(=O)N(C)[C@@H](CC(C)C)C(=O)N[C@@H](C)C(=O)N(C)[C@@H](CC(C)C)C(=O)N(C)[C@@H](Cc2ccccc2)C(=O)N(C)[C@@H](Cc2ccccc2)C(=O)N[C@@H]([C@@H](C)O)C(=O)N(C)[C@@H](C)C(=O)N(C)[C@@H](CC(C)C)C(=O)N[C@H](C(=O)N2CCCCC2)Cc2cccc(c2)CCCC(=O)N1C. The number of piperidine rings is 1. The van der Waals surface area contributed by atoms with Crippen molar-refractivity contribution in [1.82, 2.24) is 55.1 Å². The Labute approximate surface area is 594 Å². The van der Waals surface area contributed by atoms with Crippen molar-refractivity contribution in [3.63, 3.8) is 0 Å². The molecule has 2 aliphatic rings. The molecule has 1 saturated heterocycles. The van der Waals surface area contributed by atoms with E-state index in [1.165, 1.54) is 92.5 Å². The first kappa shape index (κ1) is 82.5. The number of aliphatic hydroxyl groups is 1. The Morgan fingerprint density at radius 1 is 0.430 bits per heavy atom. The second kappa shape index (κ2) is 38.6. The van der Waals surface area contributed by atoms with Crippen LogP contribution in [0.2, 0.25) is 0 Å². The highest BCUT2D eigenvalue weighted by Gasteiger charge is 2.44. The Balaban J connectivity index is 1.64. The number of hydrogen-bond acceptors (Lipinski definition) is 12. The molecule has 11 amide bonds. The number of rotatable bonds is 14. The minimum Gasteiger partial charge on any atom is -0.391 e. The van der Waals surface area contributed by atoms with Crippen molar-refractivity contribution in [2.75, 3.05) is 62.4 Å². The lowest BCUT2D eigenvalue weighted by molar-refractivity contribution is -0.153. The van der Waals surface area contributed by atoms with Crippen molar-refractivity contribution >= 4 is 65.0 Å². The van der Waals surface area contributed by atoms with Crippen LogP contribution in [0.3, 0.4) is 0 Å². The number of nitrogens with zero attached hydrogens (tertiary/aromatic N) is 8. The maximum atomic E-state index is 15.6. The van der Waals surface area contributed by atoms with E-state index in [4.69, 9.17) is 0 Å². The van der Waals surface area contributed by atoms with Crippen LogP contribution in [0.4, 0.5) is 0 Å². The van der Waals surface area contributed by atoms with Gasteiger partial charge in [-0.25, -0.2) is 0 Å². The molecule has 4 N–H and O–H groups in total. The summed E-state index contributed by atoms with van der Waals surface area (Å²) >= 11 is 0. The Bertz CT molecular complexity index is 3250. The number of hydrogen-bond donors (Lipinski definition) is 4. The van der Waals surface area contributed by atoms with Crippen molar-refractivity contribution < 1.29 is 57.8 Å². The zero-order valence-corrected chi connectivity index (χ0v) is 62.9. The Kier molecular flexibility index (Phi) is 31.8. The van der Waals surface area contributed by atoms with E-state index in [0.717, 1.165) is 35.3 Å². The first-order valence-corrected chi connectivity index (χ1v) is 36.0. The monoisotopic (exact) mass is 1390 g/mol. The van der Waals surface area contributed by atoms with Gasteiger partial charge >= 0.3 is 0 Å². The second-order valence-electron chi connectivity index (χ2n) is 29.6. The zero-order valence-electron chi connectivity index (χ0n) is 62.9. The van der Waals surface area contributed by atoms with Gasteiger partial charge in [0.25, 0.3) is 0 Å². The van der Waals surface area contributed by atoms with Crippen LogP contribution in [0.15, 0.2) is 84.9 Å². The fourth-order valence-corrected chi connectivity index (χ4v) is 13.4. The van der Waals surface area contributed by atoms with Crippen LogP contribution in [0.1, 0.15) is 156 Å². The molecule has 0 aliphatic carbocycles. The first-order chi connectivity index (χ1) is 47.1. The average Bonchev–Trinajstić information content (AvgIpc) is 0.815. The van der Waals surface area contributed by atoms with Gasteiger partial charge in [-0.05, 0) is 124 Å². The lowest BCUT2D eigenvalue weighted by Gasteiger charge is -2.39. The highest BCUT2D eigenvalue weighted by atomic mass is 16.3. The van der Waals surface area contributed by atoms with Gasteiger partial charge < -0.3 is 60.3 Å². The molecule has 3 aromatic rings. The molecule has 552 valence electrons. The van der Waals surface area contributed by atoms with Crippen LogP contribution in [0, 0.1) is 23.7 Å². The molecule has 0 spiro atoms. The summed E-state index contributed by atoms with van der Waals surface area (Å²) in [6.45, 7) is 20.6. The van der Waals surface area contributed by atoms with Crippen LogP contribution >= 0.6 is 0 Å². The number of aryl methyl sites for hydroxylation is 1. The van der Waals surface area contributed by atoms with E-state index >= 15 is 14.4 Å². The van der Waals surface area contributed by atoms with Crippen LogP contribution in [0.25, 0.3) is 0 Å². The molecule has 5 rings (SSSR count). The molecule has 0 radical (unpaired) electrons. The van der Waals surface area contributed by atoms with E-state index in [0.29, 0.717) is 43.5 Å². The normalized spacial score (nSPS) is 25.1. The van der Waals surface area contributed by atoms with Crippen LogP contribution in [0.5, 0.6) is 0 Å². The van der Waals surface area contributed by atoms with Gasteiger partial charge in [-0.15, -0.1) is 0 Å². The van der Waals surface area contributed by atoms with Gasteiger partial charge in [-0.3, -0.25) is 52.7 Å². The van der Waals surface area contributed by atoms with Crippen molar-refractivity contribution in [3.05, 3.63) is 107 Å². The third-order valence-electron chi connectivity index (χ3n) is 19.7. The first-order valence-electron chi connectivity index (χ1n) is 36.0. The number of aliphatic hydroxyl groups excluding tert-OH is 1. The summed E-state index contributed by atoms with van der Waals surface area (Å²) in [6.07, 6.45) is 2.74. The molecule has 23 nitrogen and oxygen atoms in total. The van der Waals surface area contributed by atoms with Crippen LogP contribution < -0.4 is 16.0 Å². The minimum absolute atomic E-state index is 0.0382. The Morgan fingerprint density at radius 3 is 1.36 bits per heavy atom. The lowest BCUT2D eigenvalue weighted by Crippen LogP contribution is -2.62. The number of benzene rings is 3. The second-order valence-corrected chi connectivity index (χ2v) is 29.6. The van der Waals surface area contributed by atoms with Gasteiger partial charge in [0.05, 0.1) is 6.10 Å². The topological polar surface area (TPSA) is 270 Å². The smallest absolute Gasteiger partial charge is 0.248 e. The Morgan fingerprint density at radius 2 is 0.850 bits per heavy atom. The molecule has 1 fully saturated rings. The Hall–Kier alpha value is -8.21. The molecule has 2 aliphatic heterocycles. The number of likely N-dealkylation sites (tertiary alicyclic amines) is 1. The van der Waals surface area contributed by atoms with Crippen LogP contribution in [-0.2, 0) is 78.4 Å².